The number of nitrogens with one attached hydrogen (secondary N) is 1. The molecular formula is C7H8N2O3S. The maximum atomic E-state index is 10.9. The molecule has 0 aromatic carbocycles. The molecule has 0 aromatic rings. The fourth-order valence-corrected chi connectivity index (χ4v) is 1.14. The van der Waals surface area contributed by atoms with Gasteiger partial charge >= 0.3 is 5.97 Å². The van der Waals surface area contributed by atoms with Gasteiger partial charge in [-0.05, 0) is 12.2 Å². The molecule has 1 N–H and O–H groups in total. The van der Waals surface area contributed by atoms with Gasteiger partial charge in [-0.2, -0.15) is 0 Å². The molecule has 0 saturated heterocycles. The second-order valence-electron chi connectivity index (χ2n) is 2.46. The third-order valence-corrected chi connectivity index (χ3v) is 1.64. The fourth-order valence-electron chi connectivity index (χ4n) is 0.901. The molecule has 1 heterocycles. The third kappa shape index (κ3) is 2.90. The summed E-state index contributed by atoms with van der Waals surface area (Å²) in [6.45, 7) is 0. The molecule has 1 aliphatic heterocycles. The van der Waals surface area contributed by atoms with Crippen molar-refractivity contribution in [2.24, 2.45) is 4.99 Å². The van der Waals surface area contributed by atoms with Crippen LogP contribution < -0.4 is 5.32 Å². The summed E-state index contributed by atoms with van der Waals surface area (Å²) < 4.78 is 4.43. The predicted molar refractivity (Wildman–Crippen MR) is 49.4 cm³/mol. The van der Waals surface area contributed by atoms with Crippen LogP contribution in [0.4, 0.5) is 0 Å². The van der Waals surface area contributed by atoms with E-state index in [9.17, 15) is 9.59 Å². The number of carbonyl (C=O) groups excluding carboxylic acids is 2. The van der Waals surface area contributed by atoms with Gasteiger partial charge in [0.15, 0.2) is 5.11 Å². The first-order chi connectivity index (χ1) is 6.11. The fraction of sp³-hybridized carbons (Fsp3) is 0.429. The Kier molecular flexibility index (Phi) is 3.07. The van der Waals surface area contributed by atoms with Gasteiger partial charge in [-0.25, -0.2) is 4.99 Å². The zero-order valence-corrected chi connectivity index (χ0v) is 7.81. The van der Waals surface area contributed by atoms with Crippen LogP contribution in [-0.2, 0) is 14.3 Å². The van der Waals surface area contributed by atoms with Crippen LogP contribution in [0.3, 0.4) is 0 Å². The molecule has 1 amide bonds. The van der Waals surface area contributed by atoms with E-state index in [0.717, 1.165) is 0 Å². The second kappa shape index (κ2) is 4.08. The summed E-state index contributed by atoms with van der Waals surface area (Å²) in [5, 5.41) is 2.46. The van der Waals surface area contributed by atoms with Gasteiger partial charge in [0.1, 0.15) is 0 Å². The number of hydrogen-bond acceptors (Lipinski definition) is 4. The van der Waals surface area contributed by atoms with Crippen LogP contribution >= 0.6 is 12.2 Å². The minimum Gasteiger partial charge on any atom is -0.469 e. The van der Waals surface area contributed by atoms with Crippen molar-refractivity contribution < 1.29 is 14.3 Å². The molecular weight excluding hydrogens is 192 g/mol. The first-order valence-electron chi connectivity index (χ1n) is 3.59. The molecule has 13 heavy (non-hydrogen) atoms. The molecule has 1 aliphatic rings. The van der Waals surface area contributed by atoms with Crippen molar-refractivity contribution in [2.75, 3.05) is 7.11 Å². The van der Waals surface area contributed by atoms with E-state index in [4.69, 9.17) is 0 Å². The molecule has 1 rings (SSSR count). The number of ether oxygens (including phenoxy) is 1. The van der Waals surface area contributed by atoms with Gasteiger partial charge in [-0.3, -0.25) is 9.59 Å². The van der Waals surface area contributed by atoms with Crippen LogP contribution in [0.25, 0.3) is 0 Å². The molecule has 0 unspecified atom stereocenters. The summed E-state index contributed by atoms with van der Waals surface area (Å²) in [7, 11) is 1.28. The highest BCUT2D eigenvalue weighted by Gasteiger charge is 2.18. The van der Waals surface area contributed by atoms with E-state index >= 15 is 0 Å². The summed E-state index contributed by atoms with van der Waals surface area (Å²) in [6, 6.07) is 0. The predicted octanol–water partition coefficient (Wildman–Crippen LogP) is -0.205. The summed E-state index contributed by atoms with van der Waals surface area (Å²) in [6.07, 6.45) is 0.124. The Labute approximate surface area is 80.2 Å². The molecule has 0 bridgehead atoms. The maximum Gasteiger partial charge on any atom is 0.311 e. The van der Waals surface area contributed by atoms with E-state index in [-0.39, 0.29) is 23.9 Å². The Bertz CT molecular complexity index is 298. The van der Waals surface area contributed by atoms with Crippen LogP contribution in [0.15, 0.2) is 4.99 Å². The molecule has 0 fully saturated rings. The van der Waals surface area contributed by atoms with E-state index in [1.807, 2.05) is 0 Å². The van der Waals surface area contributed by atoms with E-state index < -0.39 is 5.97 Å². The molecule has 0 spiro atoms. The number of amides is 1. The van der Waals surface area contributed by atoms with Crippen LogP contribution in [0.1, 0.15) is 12.8 Å². The minimum absolute atomic E-state index is 0.0179. The molecule has 0 radical (unpaired) electrons. The molecule has 70 valence electrons. The number of nitrogens with zero attached hydrogens (tertiary/aromatic N) is 1. The van der Waals surface area contributed by atoms with Gasteiger partial charge in [0.2, 0.25) is 5.91 Å². The van der Waals surface area contributed by atoms with E-state index in [1.54, 1.807) is 0 Å². The Hall–Kier alpha value is -1.30. The number of carbonyl (C=O) groups is 2. The van der Waals surface area contributed by atoms with Gasteiger partial charge in [-0.1, -0.05) is 0 Å². The molecule has 6 heteroatoms. The van der Waals surface area contributed by atoms with Gasteiger partial charge in [0.05, 0.1) is 20.0 Å². The highest BCUT2D eigenvalue weighted by Crippen LogP contribution is 2.01. The number of aliphatic imine (C=N–C) groups is 1. The standard InChI is InChI=1S/C7H8N2O3S/c1-12-6(11)3-4-2-5(10)9-7(13)8-4/h2-3H2,1H3,(H,9,10,13). The van der Waals surface area contributed by atoms with Crippen LogP contribution in [-0.4, -0.2) is 29.8 Å². The van der Waals surface area contributed by atoms with Crippen molar-refractivity contribution in [1.29, 1.82) is 0 Å². The largest absolute Gasteiger partial charge is 0.469 e. The lowest BCUT2D eigenvalue weighted by molar-refractivity contribution is -0.139. The summed E-state index contributed by atoms with van der Waals surface area (Å²) in [4.78, 5) is 25.6. The number of rotatable bonds is 2. The number of thiocarbonyl (C=S) groups is 1. The lowest BCUT2D eigenvalue weighted by atomic mass is 10.2. The summed E-state index contributed by atoms with van der Waals surface area (Å²) in [5.41, 5.74) is 0.445. The molecule has 0 saturated carbocycles. The van der Waals surface area contributed by atoms with E-state index in [0.29, 0.717) is 5.71 Å². The number of hydrogen-bond donors (Lipinski definition) is 1. The molecule has 0 aliphatic carbocycles. The Morgan fingerprint density at radius 2 is 2.46 bits per heavy atom. The molecule has 0 atom stereocenters. The van der Waals surface area contributed by atoms with Crippen LogP contribution in [0.2, 0.25) is 0 Å². The van der Waals surface area contributed by atoms with Crippen molar-refractivity contribution >= 4 is 34.9 Å². The highest BCUT2D eigenvalue weighted by atomic mass is 32.1. The van der Waals surface area contributed by atoms with Crippen LogP contribution in [0, 0.1) is 0 Å². The average molecular weight is 200 g/mol. The van der Waals surface area contributed by atoms with Gasteiger partial charge in [0, 0.05) is 5.71 Å². The Balaban J connectivity index is 2.64. The van der Waals surface area contributed by atoms with E-state index in [1.165, 1.54) is 7.11 Å². The monoisotopic (exact) mass is 200 g/mol. The molecule has 0 aromatic heterocycles. The minimum atomic E-state index is -0.420. The van der Waals surface area contributed by atoms with Gasteiger partial charge in [-0.15, -0.1) is 0 Å². The first kappa shape index (κ1) is 9.79. The van der Waals surface area contributed by atoms with E-state index in [2.05, 4.69) is 27.3 Å². The van der Waals surface area contributed by atoms with Crippen molar-refractivity contribution in [1.82, 2.24) is 5.32 Å². The quantitative estimate of drug-likeness (QED) is 0.495. The van der Waals surface area contributed by atoms with Crippen molar-refractivity contribution in [3.8, 4) is 0 Å². The average Bonchev–Trinajstić information content (AvgIpc) is 2.02. The Morgan fingerprint density at radius 1 is 1.77 bits per heavy atom. The van der Waals surface area contributed by atoms with Crippen molar-refractivity contribution in [3.63, 3.8) is 0 Å². The van der Waals surface area contributed by atoms with Crippen molar-refractivity contribution in [3.05, 3.63) is 0 Å². The SMILES string of the molecule is COC(=O)CC1=NC(=S)NC(=O)C1. The third-order valence-electron chi connectivity index (χ3n) is 1.45. The normalized spacial score (nSPS) is 16.2. The second-order valence-corrected chi connectivity index (χ2v) is 2.85. The number of methoxy groups -OCH3 is 1. The maximum absolute atomic E-state index is 10.9. The van der Waals surface area contributed by atoms with Crippen molar-refractivity contribution in [2.45, 2.75) is 12.8 Å². The lowest BCUT2D eigenvalue weighted by Gasteiger charge is -2.11. The smallest absolute Gasteiger partial charge is 0.311 e. The number of esters is 1. The zero-order chi connectivity index (χ0) is 9.84. The highest BCUT2D eigenvalue weighted by molar-refractivity contribution is 7.80. The summed E-state index contributed by atoms with van der Waals surface area (Å²) in [5.74, 6) is -0.657. The van der Waals surface area contributed by atoms with Crippen LogP contribution in [0.5, 0.6) is 0 Å². The topological polar surface area (TPSA) is 67.8 Å². The first-order valence-corrected chi connectivity index (χ1v) is 3.99. The zero-order valence-electron chi connectivity index (χ0n) is 6.99. The molecule has 5 nitrogen and oxygen atoms in total. The van der Waals surface area contributed by atoms with Gasteiger partial charge < -0.3 is 10.1 Å². The lowest BCUT2D eigenvalue weighted by Crippen LogP contribution is -2.35. The summed E-state index contributed by atoms with van der Waals surface area (Å²) >= 11 is 4.68. The van der Waals surface area contributed by atoms with Gasteiger partial charge in [0.25, 0.3) is 0 Å². The Morgan fingerprint density at radius 3 is 3.00 bits per heavy atom.